The minimum absolute atomic E-state index is 0.118. The number of aromatic hydroxyl groups is 1. The first kappa shape index (κ1) is 14.0. The van der Waals surface area contributed by atoms with Crippen LogP contribution < -0.4 is 5.73 Å². The van der Waals surface area contributed by atoms with Gasteiger partial charge in [0.1, 0.15) is 10.6 Å². The highest BCUT2D eigenvalue weighted by Crippen LogP contribution is 3.02. The molecule has 0 fully saturated rings. The minimum Gasteiger partial charge on any atom is -0.508 e. The first-order valence-electron chi connectivity index (χ1n) is 4.61. The third kappa shape index (κ3) is 3.74. The lowest BCUT2D eigenvalue weighted by atomic mass is 10.1. The van der Waals surface area contributed by atoms with Crippen molar-refractivity contribution in [2.24, 2.45) is 5.73 Å². The summed E-state index contributed by atoms with van der Waals surface area (Å²) in [5, 5.41) is 9.26. The molecule has 1 unspecified atom stereocenters. The van der Waals surface area contributed by atoms with E-state index in [2.05, 4.69) is 0 Å². The van der Waals surface area contributed by atoms with Gasteiger partial charge in [0.25, 0.3) is 0 Å². The molecular weight excluding hydrogens is 265 g/mol. The van der Waals surface area contributed by atoms with E-state index in [0.717, 1.165) is 0 Å². The molecule has 1 aromatic carbocycles. The van der Waals surface area contributed by atoms with E-state index in [0.29, 0.717) is 6.07 Å². The largest absolute Gasteiger partial charge is 0.508 e. The molecule has 0 bridgehead atoms. The van der Waals surface area contributed by atoms with Gasteiger partial charge in [-0.25, -0.2) is 0 Å². The molecule has 0 saturated carbocycles. The summed E-state index contributed by atoms with van der Waals surface area (Å²) in [5.41, 5.74) is 5.10. The quantitative estimate of drug-likeness (QED) is 0.822. The Hall–Kier alpha value is -1.02. The van der Waals surface area contributed by atoms with Gasteiger partial charge in [-0.05, 0) is 37.1 Å². The van der Waals surface area contributed by atoms with Crippen LogP contribution in [0.3, 0.4) is 0 Å². The second-order valence-electron chi connectivity index (χ2n) is 3.94. The van der Waals surface area contributed by atoms with Crippen LogP contribution in [0.4, 0.5) is 19.4 Å². The minimum atomic E-state index is -9.70. The van der Waals surface area contributed by atoms with Crippen molar-refractivity contribution in [2.45, 2.75) is 24.3 Å². The fraction of sp³-hybridized carbons (Fsp3) is 0.333. The van der Waals surface area contributed by atoms with Gasteiger partial charge in [-0.15, -0.1) is 0 Å². The zero-order valence-corrected chi connectivity index (χ0v) is 9.66. The molecule has 0 amide bonds. The number of phenolic OH excluding ortho intramolecular Hbond substituents is 1. The number of rotatable bonds is 3. The summed E-state index contributed by atoms with van der Waals surface area (Å²) >= 11 is 0. The Bertz CT molecular complexity index is 442. The fourth-order valence-electron chi connectivity index (χ4n) is 1.31. The average Bonchev–Trinajstić information content (AvgIpc) is 2.03. The molecule has 0 heterocycles. The van der Waals surface area contributed by atoms with Crippen LogP contribution in [0.1, 0.15) is 12.5 Å². The molecule has 0 aliphatic carbocycles. The summed E-state index contributed by atoms with van der Waals surface area (Å²) in [5.74, 6) is -0.479. The van der Waals surface area contributed by atoms with Crippen molar-refractivity contribution in [3.63, 3.8) is 0 Å². The number of nitrogens with two attached hydrogens (primary N) is 1. The van der Waals surface area contributed by atoms with Gasteiger partial charge >= 0.3 is 10.2 Å². The van der Waals surface area contributed by atoms with Crippen LogP contribution in [0.5, 0.6) is 5.75 Å². The van der Waals surface area contributed by atoms with Crippen LogP contribution in [0.25, 0.3) is 0 Å². The Kier molecular flexibility index (Phi) is 2.69. The molecule has 0 radical (unpaired) electrons. The maximum atomic E-state index is 12.5. The third-order valence-corrected chi connectivity index (χ3v) is 3.18. The molecule has 0 aliphatic rings. The van der Waals surface area contributed by atoms with Crippen LogP contribution in [-0.2, 0) is 6.42 Å². The highest BCUT2D eigenvalue weighted by molar-refractivity contribution is 8.45. The van der Waals surface area contributed by atoms with Gasteiger partial charge in [0.05, 0.1) is 0 Å². The van der Waals surface area contributed by atoms with Gasteiger partial charge in [0.15, 0.2) is 0 Å². The Morgan fingerprint density at radius 2 is 1.76 bits per heavy atom. The van der Waals surface area contributed by atoms with E-state index >= 15 is 0 Å². The normalized spacial score (nSPS) is 18.3. The second kappa shape index (κ2) is 3.26. The van der Waals surface area contributed by atoms with E-state index < -0.39 is 26.9 Å². The van der Waals surface area contributed by atoms with Gasteiger partial charge in [0.2, 0.25) is 0 Å². The molecule has 0 spiro atoms. The molecule has 1 atom stereocenters. The predicted molar refractivity (Wildman–Crippen MR) is 56.9 cm³/mol. The van der Waals surface area contributed by atoms with E-state index in [1.807, 2.05) is 0 Å². The van der Waals surface area contributed by atoms with E-state index in [9.17, 15) is 24.5 Å². The van der Waals surface area contributed by atoms with Gasteiger partial charge in [-0.3, -0.25) is 0 Å². The maximum absolute atomic E-state index is 12.5. The van der Waals surface area contributed by atoms with Crippen LogP contribution in [0, 0.1) is 0 Å². The van der Waals surface area contributed by atoms with Crippen molar-refractivity contribution in [3.8, 4) is 5.75 Å². The molecule has 3 N–H and O–H groups in total. The van der Waals surface area contributed by atoms with Gasteiger partial charge in [0, 0.05) is 6.04 Å². The summed E-state index contributed by atoms with van der Waals surface area (Å²) in [4.78, 5) is -2.02. The van der Waals surface area contributed by atoms with E-state index in [-0.39, 0.29) is 24.1 Å². The van der Waals surface area contributed by atoms with Gasteiger partial charge < -0.3 is 10.8 Å². The van der Waals surface area contributed by atoms with E-state index in [1.54, 1.807) is 0 Å². The molecule has 17 heavy (non-hydrogen) atoms. The lowest BCUT2D eigenvalue weighted by Gasteiger charge is -2.40. The number of hydrogen-bond acceptors (Lipinski definition) is 2. The Morgan fingerprint density at radius 1 is 1.24 bits per heavy atom. The Morgan fingerprint density at radius 3 is 2.18 bits per heavy atom. The van der Waals surface area contributed by atoms with Crippen molar-refractivity contribution in [1.29, 1.82) is 0 Å². The third-order valence-electron chi connectivity index (χ3n) is 2.04. The molecule has 8 heteroatoms. The van der Waals surface area contributed by atoms with Crippen molar-refractivity contribution >= 4 is 10.2 Å². The number of phenols is 1. The highest BCUT2D eigenvalue weighted by Gasteiger charge is 2.65. The van der Waals surface area contributed by atoms with E-state index in [1.165, 1.54) is 6.92 Å². The lowest BCUT2D eigenvalue weighted by Crippen LogP contribution is -2.18. The summed E-state index contributed by atoms with van der Waals surface area (Å²) in [7, 11) is -9.70. The van der Waals surface area contributed by atoms with Gasteiger partial charge in [-0.2, -0.15) is 0 Å². The lowest BCUT2D eigenvalue weighted by molar-refractivity contribution is 0.363. The van der Waals surface area contributed by atoms with Crippen molar-refractivity contribution in [3.05, 3.63) is 23.8 Å². The summed E-state index contributed by atoms with van der Waals surface area (Å²) < 4.78 is 62.4. The van der Waals surface area contributed by atoms with Crippen molar-refractivity contribution in [2.75, 3.05) is 0 Å². The number of benzene rings is 1. The standard InChI is InChI=1S/C9H12F5NOS/c1-6(15)4-7-5-8(2-3-9(7)16)17(10,11,12,13)14/h2-3,5-6,16H,4,15H2,1H3. The average molecular weight is 277 g/mol. The molecule has 0 aromatic heterocycles. The summed E-state index contributed by atoms with van der Waals surface area (Å²) in [6.07, 6.45) is -0.118. The molecule has 1 aromatic rings. The topological polar surface area (TPSA) is 46.2 Å². The Balaban J connectivity index is 3.33. The van der Waals surface area contributed by atoms with Crippen LogP contribution in [0.2, 0.25) is 0 Å². The van der Waals surface area contributed by atoms with Gasteiger partial charge in [-0.1, -0.05) is 19.4 Å². The predicted octanol–water partition coefficient (Wildman–Crippen LogP) is 3.94. The van der Waals surface area contributed by atoms with E-state index in [4.69, 9.17) is 5.73 Å². The first-order chi connectivity index (χ1) is 7.29. The fourth-order valence-corrected chi connectivity index (χ4v) is 2.00. The second-order valence-corrected chi connectivity index (χ2v) is 6.35. The molecule has 2 nitrogen and oxygen atoms in total. The molecule has 1 rings (SSSR count). The molecular formula is C9H12F5NOS. The molecule has 100 valence electrons. The van der Waals surface area contributed by atoms with Crippen LogP contribution in [-0.4, -0.2) is 11.1 Å². The van der Waals surface area contributed by atoms with Crippen molar-refractivity contribution in [1.82, 2.24) is 0 Å². The monoisotopic (exact) mass is 277 g/mol. The Labute approximate surface area is 95.0 Å². The number of halogens is 5. The number of hydrogen-bond donors (Lipinski definition) is 2. The zero-order valence-electron chi connectivity index (χ0n) is 8.84. The smallest absolute Gasteiger partial charge is 0.310 e. The zero-order chi connectivity index (χ0) is 13.5. The highest BCUT2D eigenvalue weighted by atomic mass is 32.5. The van der Waals surface area contributed by atoms with Crippen LogP contribution in [0.15, 0.2) is 23.1 Å². The van der Waals surface area contributed by atoms with Crippen LogP contribution >= 0.6 is 10.2 Å². The molecule has 0 saturated heterocycles. The summed E-state index contributed by atoms with van der Waals surface area (Å²) in [6, 6.07) is 0.474. The van der Waals surface area contributed by atoms with Crippen molar-refractivity contribution < 1.29 is 24.5 Å². The summed E-state index contributed by atoms with van der Waals surface area (Å²) in [6.45, 7) is 1.49. The maximum Gasteiger partial charge on any atom is 0.310 e. The first-order valence-corrected chi connectivity index (χ1v) is 6.56. The SMILES string of the molecule is CC(N)Cc1cc(S(F)(F)(F)(F)F)ccc1O. The molecule has 0 aliphatic heterocycles.